The van der Waals surface area contributed by atoms with Gasteiger partial charge in [0.15, 0.2) is 5.13 Å². The SMILES string of the molecule is O=C(Nc1nc2c(Cl)cccc2s1)Nc1ccc(Cl)cc1C(F)(F)F. The van der Waals surface area contributed by atoms with Crippen LogP contribution in [-0.4, -0.2) is 11.0 Å². The molecule has 4 nitrogen and oxygen atoms in total. The third-order valence-corrected chi connectivity index (χ3v) is 4.60. The molecule has 0 aliphatic carbocycles. The van der Waals surface area contributed by atoms with Crippen molar-refractivity contribution in [1.82, 2.24) is 4.98 Å². The zero-order valence-electron chi connectivity index (χ0n) is 12.1. The monoisotopic (exact) mass is 405 g/mol. The summed E-state index contributed by atoms with van der Waals surface area (Å²) in [4.78, 5) is 16.2. The molecule has 0 saturated heterocycles. The maximum atomic E-state index is 13.0. The number of benzene rings is 2. The minimum absolute atomic E-state index is 0.0842. The summed E-state index contributed by atoms with van der Waals surface area (Å²) >= 11 is 12.8. The number of nitrogens with one attached hydrogen (secondary N) is 2. The van der Waals surface area contributed by atoms with Crippen LogP contribution in [0.25, 0.3) is 10.2 Å². The average Bonchev–Trinajstić information content (AvgIpc) is 2.92. The van der Waals surface area contributed by atoms with Crippen molar-refractivity contribution in [2.24, 2.45) is 0 Å². The molecule has 0 bridgehead atoms. The minimum atomic E-state index is -4.66. The quantitative estimate of drug-likeness (QED) is 0.527. The molecular weight excluding hydrogens is 398 g/mol. The van der Waals surface area contributed by atoms with Crippen molar-refractivity contribution < 1.29 is 18.0 Å². The molecule has 0 unspecified atom stereocenters. The van der Waals surface area contributed by atoms with E-state index in [0.29, 0.717) is 10.5 Å². The first-order valence-electron chi connectivity index (χ1n) is 6.74. The fourth-order valence-corrected chi connectivity index (χ4v) is 3.41. The van der Waals surface area contributed by atoms with Crippen LogP contribution in [0, 0.1) is 0 Å². The number of alkyl halides is 3. The summed E-state index contributed by atoms with van der Waals surface area (Å²) in [6, 6.07) is 7.37. The molecule has 25 heavy (non-hydrogen) atoms. The predicted octanol–water partition coefficient (Wildman–Crippen LogP) is 6.27. The van der Waals surface area contributed by atoms with Crippen LogP contribution in [0.5, 0.6) is 0 Å². The van der Waals surface area contributed by atoms with E-state index < -0.39 is 23.5 Å². The number of carbonyl (C=O) groups excluding carboxylic acids is 1. The van der Waals surface area contributed by atoms with Crippen LogP contribution in [-0.2, 0) is 6.18 Å². The number of aromatic nitrogens is 1. The first-order chi connectivity index (χ1) is 11.7. The zero-order chi connectivity index (χ0) is 18.2. The van der Waals surface area contributed by atoms with Crippen molar-refractivity contribution in [1.29, 1.82) is 0 Å². The summed E-state index contributed by atoms with van der Waals surface area (Å²) in [6.07, 6.45) is -4.66. The molecule has 130 valence electrons. The van der Waals surface area contributed by atoms with Gasteiger partial charge in [-0.1, -0.05) is 40.6 Å². The van der Waals surface area contributed by atoms with Gasteiger partial charge in [0.25, 0.3) is 0 Å². The molecule has 0 spiro atoms. The number of hydrogen-bond donors (Lipinski definition) is 2. The molecule has 0 fully saturated rings. The van der Waals surface area contributed by atoms with E-state index in [1.54, 1.807) is 18.2 Å². The number of thiazole rings is 1. The van der Waals surface area contributed by atoms with E-state index in [0.717, 1.165) is 28.2 Å². The molecule has 0 aliphatic rings. The highest BCUT2D eigenvalue weighted by Gasteiger charge is 2.34. The van der Waals surface area contributed by atoms with Gasteiger partial charge in [-0.05, 0) is 30.3 Å². The first kappa shape index (κ1) is 17.8. The molecule has 2 amide bonds. The van der Waals surface area contributed by atoms with E-state index >= 15 is 0 Å². The first-order valence-corrected chi connectivity index (χ1v) is 8.31. The number of fused-ring (bicyclic) bond motifs is 1. The Labute approximate surface area is 153 Å². The Kier molecular flexibility index (Phi) is 4.77. The highest BCUT2D eigenvalue weighted by atomic mass is 35.5. The Hall–Kier alpha value is -2.03. The van der Waals surface area contributed by atoms with Gasteiger partial charge in [0.05, 0.1) is 21.0 Å². The lowest BCUT2D eigenvalue weighted by Gasteiger charge is -2.14. The second-order valence-electron chi connectivity index (χ2n) is 4.87. The molecule has 3 aromatic rings. The smallest absolute Gasteiger partial charge is 0.307 e. The van der Waals surface area contributed by atoms with E-state index in [1.165, 1.54) is 6.07 Å². The van der Waals surface area contributed by atoms with Crippen molar-refractivity contribution in [2.45, 2.75) is 6.18 Å². The lowest BCUT2D eigenvalue weighted by atomic mass is 10.1. The summed E-state index contributed by atoms with van der Waals surface area (Å²) in [6.45, 7) is 0. The molecule has 0 saturated carbocycles. The van der Waals surface area contributed by atoms with Gasteiger partial charge in [-0.3, -0.25) is 5.32 Å². The molecule has 1 aromatic heterocycles. The van der Waals surface area contributed by atoms with Crippen molar-refractivity contribution >= 4 is 61.6 Å². The van der Waals surface area contributed by atoms with Gasteiger partial charge in [-0.25, -0.2) is 9.78 Å². The van der Waals surface area contributed by atoms with Crippen LogP contribution in [0.1, 0.15) is 5.56 Å². The Morgan fingerprint density at radius 1 is 1.12 bits per heavy atom. The van der Waals surface area contributed by atoms with Gasteiger partial charge in [0.1, 0.15) is 5.52 Å². The largest absolute Gasteiger partial charge is 0.418 e. The highest BCUT2D eigenvalue weighted by molar-refractivity contribution is 7.22. The van der Waals surface area contributed by atoms with Crippen LogP contribution in [0.3, 0.4) is 0 Å². The van der Waals surface area contributed by atoms with E-state index in [4.69, 9.17) is 23.2 Å². The molecule has 0 radical (unpaired) electrons. The lowest BCUT2D eigenvalue weighted by Crippen LogP contribution is -2.21. The van der Waals surface area contributed by atoms with Gasteiger partial charge >= 0.3 is 12.2 Å². The van der Waals surface area contributed by atoms with Gasteiger partial charge in [0, 0.05) is 5.02 Å². The predicted molar refractivity (Wildman–Crippen MR) is 93.7 cm³/mol. The van der Waals surface area contributed by atoms with Crippen LogP contribution >= 0.6 is 34.5 Å². The Morgan fingerprint density at radius 3 is 2.56 bits per heavy atom. The average molecular weight is 406 g/mol. The molecule has 2 N–H and O–H groups in total. The number of urea groups is 1. The number of amides is 2. The Bertz CT molecular complexity index is 959. The topological polar surface area (TPSA) is 54.0 Å². The number of nitrogens with zero attached hydrogens (tertiary/aromatic N) is 1. The van der Waals surface area contributed by atoms with E-state index in [1.807, 2.05) is 0 Å². The second kappa shape index (κ2) is 6.70. The highest BCUT2D eigenvalue weighted by Crippen LogP contribution is 2.36. The maximum Gasteiger partial charge on any atom is 0.418 e. The molecule has 2 aromatic carbocycles. The molecule has 0 aliphatic heterocycles. The fraction of sp³-hybridized carbons (Fsp3) is 0.0667. The van der Waals surface area contributed by atoms with E-state index in [9.17, 15) is 18.0 Å². The summed E-state index contributed by atoms with van der Waals surface area (Å²) in [5.41, 5.74) is -0.942. The maximum absolute atomic E-state index is 13.0. The Morgan fingerprint density at radius 2 is 1.88 bits per heavy atom. The molecule has 10 heteroatoms. The molecule has 1 heterocycles. The van der Waals surface area contributed by atoms with Crippen LogP contribution < -0.4 is 10.6 Å². The van der Waals surface area contributed by atoms with E-state index in [2.05, 4.69) is 15.6 Å². The zero-order valence-corrected chi connectivity index (χ0v) is 14.4. The normalized spacial score (nSPS) is 11.6. The third-order valence-electron chi connectivity index (χ3n) is 3.13. The number of carbonyl (C=O) groups is 1. The Balaban J connectivity index is 1.82. The van der Waals surface area contributed by atoms with Crippen LogP contribution in [0.2, 0.25) is 10.0 Å². The fourth-order valence-electron chi connectivity index (χ4n) is 2.08. The van der Waals surface area contributed by atoms with Crippen LogP contribution in [0.4, 0.5) is 28.8 Å². The summed E-state index contributed by atoms with van der Waals surface area (Å²) in [7, 11) is 0. The summed E-state index contributed by atoms with van der Waals surface area (Å²) in [5, 5.41) is 5.10. The minimum Gasteiger partial charge on any atom is -0.307 e. The van der Waals surface area contributed by atoms with Crippen molar-refractivity contribution in [3.8, 4) is 0 Å². The van der Waals surface area contributed by atoms with Gasteiger partial charge in [0.2, 0.25) is 0 Å². The van der Waals surface area contributed by atoms with Gasteiger partial charge in [-0.2, -0.15) is 13.2 Å². The molecular formula is C15H8Cl2F3N3OS. The molecule has 3 rings (SSSR count). The van der Waals surface area contributed by atoms with Gasteiger partial charge < -0.3 is 5.32 Å². The summed E-state index contributed by atoms with van der Waals surface area (Å²) in [5.74, 6) is 0. The third kappa shape index (κ3) is 3.97. The number of hydrogen-bond acceptors (Lipinski definition) is 3. The number of halogens is 5. The second-order valence-corrected chi connectivity index (χ2v) is 6.75. The summed E-state index contributed by atoms with van der Waals surface area (Å²) < 4.78 is 39.8. The van der Waals surface area contributed by atoms with Crippen molar-refractivity contribution in [3.63, 3.8) is 0 Å². The number of anilines is 2. The molecule has 0 atom stereocenters. The van der Waals surface area contributed by atoms with Crippen LogP contribution in [0.15, 0.2) is 36.4 Å². The van der Waals surface area contributed by atoms with Gasteiger partial charge in [-0.15, -0.1) is 0 Å². The number of para-hydroxylation sites is 1. The van der Waals surface area contributed by atoms with Crippen molar-refractivity contribution in [3.05, 3.63) is 52.0 Å². The number of rotatable bonds is 2. The standard InChI is InChI=1S/C15H8Cl2F3N3OS/c16-7-4-5-10(8(6-7)15(18,19)20)21-13(24)23-14-22-12-9(17)2-1-3-11(12)25-14/h1-6H,(H2,21,22,23,24). The lowest BCUT2D eigenvalue weighted by molar-refractivity contribution is -0.136. The van der Waals surface area contributed by atoms with E-state index in [-0.39, 0.29) is 10.2 Å². The van der Waals surface area contributed by atoms with Crippen molar-refractivity contribution in [2.75, 3.05) is 10.6 Å².